The van der Waals surface area contributed by atoms with E-state index in [0.717, 1.165) is 26.1 Å². The molecule has 5 heteroatoms. The number of rotatable bonds is 11. The van der Waals surface area contributed by atoms with E-state index in [9.17, 15) is 0 Å². The molecule has 0 aromatic carbocycles. The highest BCUT2D eigenvalue weighted by Crippen LogP contribution is 1.94. The zero-order chi connectivity index (χ0) is 12.2. The summed E-state index contributed by atoms with van der Waals surface area (Å²) in [6.07, 6.45) is 1.07. The zero-order valence-corrected chi connectivity index (χ0v) is 10.3. The summed E-state index contributed by atoms with van der Waals surface area (Å²) in [6, 6.07) is 0. The second-order valence-electron chi connectivity index (χ2n) is 3.85. The van der Waals surface area contributed by atoms with Crippen LogP contribution in [0, 0.1) is 0 Å². The molecule has 16 heavy (non-hydrogen) atoms. The van der Waals surface area contributed by atoms with Crippen LogP contribution < -0.4 is 0 Å². The second kappa shape index (κ2) is 11.3. The summed E-state index contributed by atoms with van der Waals surface area (Å²) in [5.74, 6) is 0. The van der Waals surface area contributed by atoms with Crippen molar-refractivity contribution in [1.82, 2.24) is 9.80 Å². The molecule has 0 amide bonds. The minimum absolute atomic E-state index is 0.119. The summed E-state index contributed by atoms with van der Waals surface area (Å²) in [6.45, 7) is 7.09. The minimum Gasteiger partial charge on any atom is -0.395 e. The fourth-order valence-electron chi connectivity index (χ4n) is 1.69. The molecule has 98 valence electrons. The van der Waals surface area contributed by atoms with Crippen molar-refractivity contribution in [2.75, 3.05) is 59.1 Å². The third-order valence-electron chi connectivity index (χ3n) is 2.52. The molecule has 0 radical (unpaired) electrons. The van der Waals surface area contributed by atoms with Gasteiger partial charge in [0.15, 0.2) is 0 Å². The number of hydrogen-bond donors (Lipinski definition) is 3. The number of hydrogen-bond acceptors (Lipinski definition) is 5. The van der Waals surface area contributed by atoms with Gasteiger partial charge < -0.3 is 15.3 Å². The molecule has 0 fully saturated rings. The summed E-state index contributed by atoms with van der Waals surface area (Å²) in [7, 11) is 0. The highest BCUT2D eigenvalue weighted by atomic mass is 16.3. The van der Waals surface area contributed by atoms with Crippen LogP contribution in [0.15, 0.2) is 0 Å². The molecule has 0 spiro atoms. The fourth-order valence-corrected chi connectivity index (χ4v) is 1.69. The van der Waals surface area contributed by atoms with Gasteiger partial charge in [-0.3, -0.25) is 9.80 Å². The van der Waals surface area contributed by atoms with E-state index < -0.39 is 0 Å². The molecular formula is C11H26N2O3. The molecule has 0 atom stereocenters. The molecule has 0 bridgehead atoms. The maximum Gasteiger partial charge on any atom is 0.0558 e. The molecule has 0 unspecified atom stereocenters. The fraction of sp³-hybridized carbons (Fsp3) is 1.00. The van der Waals surface area contributed by atoms with Gasteiger partial charge in [0, 0.05) is 32.7 Å². The molecule has 5 nitrogen and oxygen atoms in total. The first-order chi connectivity index (χ1) is 7.78. The van der Waals surface area contributed by atoms with Crippen LogP contribution in [-0.4, -0.2) is 84.2 Å². The number of aliphatic hydroxyl groups is 3. The molecule has 0 aliphatic rings. The Bertz CT molecular complexity index is 119. The topological polar surface area (TPSA) is 67.2 Å². The van der Waals surface area contributed by atoms with Gasteiger partial charge in [0.25, 0.3) is 0 Å². The maximum atomic E-state index is 8.90. The van der Waals surface area contributed by atoms with Crippen molar-refractivity contribution in [3.8, 4) is 0 Å². The Balaban J connectivity index is 3.83. The quantitative estimate of drug-likeness (QED) is 0.427. The van der Waals surface area contributed by atoms with Gasteiger partial charge in [-0.25, -0.2) is 0 Å². The Labute approximate surface area is 98.3 Å². The second-order valence-corrected chi connectivity index (χ2v) is 3.85. The first-order valence-electron chi connectivity index (χ1n) is 6.05. The normalized spacial score (nSPS) is 11.6. The molecule has 0 aromatic heterocycles. The van der Waals surface area contributed by atoms with Gasteiger partial charge in [-0.1, -0.05) is 6.92 Å². The lowest BCUT2D eigenvalue weighted by molar-refractivity contribution is 0.133. The van der Waals surface area contributed by atoms with Crippen molar-refractivity contribution in [2.24, 2.45) is 0 Å². The standard InChI is InChI=1S/C11H26N2O3/c1-2-3-12(6-9-14)4-5-13(7-10-15)8-11-16/h14-16H,2-11H2,1H3. The van der Waals surface area contributed by atoms with E-state index in [4.69, 9.17) is 15.3 Å². The lowest BCUT2D eigenvalue weighted by Gasteiger charge is -2.26. The minimum atomic E-state index is 0.119. The van der Waals surface area contributed by atoms with Gasteiger partial charge in [0.2, 0.25) is 0 Å². The largest absolute Gasteiger partial charge is 0.395 e. The van der Waals surface area contributed by atoms with Crippen LogP contribution in [0.1, 0.15) is 13.3 Å². The van der Waals surface area contributed by atoms with Crippen LogP contribution in [0.2, 0.25) is 0 Å². The summed E-state index contributed by atoms with van der Waals surface area (Å²) in [5, 5.41) is 26.6. The Morgan fingerprint density at radius 2 is 1.00 bits per heavy atom. The summed E-state index contributed by atoms with van der Waals surface area (Å²) < 4.78 is 0. The highest BCUT2D eigenvalue weighted by Gasteiger charge is 2.07. The lowest BCUT2D eigenvalue weighted by atomic mass is 10.3. The van der Waals surface area contributed by atoms with Crippen LogP contribution in [0.5, 0.6) is 0 Å². The van der Waals surface area contributed by atoms with Crippen molar-refractivity contribution in [1.29, 1.82) is 0 Å². The van der Waals surface area contributed by atoms with E-state index in [-0.39, 0.29) is 19.8 Å². The Kier molecular flexibility index (Phi) is 11.1. The number of aliphatic hydroxyl groups excluding tert-OH is 3. The van der Waals surface area contributed by atoms with E-state index in [0.29, 0.717) is 19.6 Å². The molecule has 0 saturated carbocycles. The van der Waals surface area contributed by atoms with E-state index in [1.807, 2.05) is 4.90 Å². The average Bonchev–Trinajstić information content (AvgIpc) is 2.27. The molecule has 0 aliphatic heterocycles. The van der Waals surface area contributed by atoms with Crippen LogP contribution >= 0.6 is 0 Å². The van der Waals surface area contributed by atoms with Crippen molar-refractivity contribution in [3.05, 3.63) is 0 Å². The summed E-state index contributed by atoms with van der Waals surface area (Å²) in [4.78, 5) is 4.22. The van der Waals surface area contributed by atoms with Crippen molar-refractivity contribution >= 4 is 0 Å². The average molecular weight is 234 g/mol. The highest BCUT2D eigenvalue weighted by molar-refractivity contribution is 4.62. The molecule has 0 saturated heterocycles. The van der Waals surface area contributed by atoms with E-state index in [2.05, 4.69) is 11.8 Å². The molecule has 0 heterocycles. The first-order valence-corrected chi connectivity index (χ1v) is 6.05. The lowest BCUT2D eigenvalue weighted by Crippen LogP contribution is -2.39. The Morgan fingerprint density at radius 3 is 1.31 bits per heavy atom. The first kappa shape index (κ1) is 15.8. The summed E-state index contributed by atoms with van der Waals surface area (Å²) >= 11 is 0. The van der Waals surface area contributed by atoms with Gasteiger partial charge in [-0.15, -0.1) is 0 Å². The predicted octanol–water partition coefficient (Wildman–Crippen LogP) is -1.02. The maximum absolute atomic E-state index is 8.90. The zero-order valence-electron chi connectivity index (χ0n) is 10.3. The Morgan fingerprint density at radius 1 is 0.625 bits per heavy atom. The molecule has 3 N–H and O–H groups in total. The van der Waals surface area contributed by atoms with Gasteiger partial charge in [0.1, 0.15) is 0 Å². The third kappa shape index (κ3) is 8.01. The van der Waals surface area contributed by atoms with Crippen LogP contribution in [0.3, 0.4) is 0 Å². The van der Waals surface area contributed by atoms with E-state index in [1.54, 1.807) is 0 Å². The summed E-state index contributed by atoms with van der Waals surface area (Å²) in [5.41, 5.74) is 0. The van der Waals surface area contributed by atoms with Crippen LogP contribution in [0.25, 0.3) is 0 Å². The smallest absolute Gasteiger partial charge is 0.0558 e. The van der Waals surface area contributed by atoms with E-state index >= 15 is 0 Å². The molecular weight excluding hydrogens is 208 g/mol. The van der Waals surface area contributed by atoms with Crippen LogP contribution in [0.4, 0.5) is 0 Å². The Hall–Kier alpha value is -0.200. The van der Waals surface area contributed by atoms with Crippen LogP contribution in [-0.2, 0) is 0 Å². The molecule has 0 aromatic rings. The van der Waals surface area contributed by atoms with Crippen molar-refractivity contribution < 1.29 is 15.3 Å². The third-order valence-corrected chi connectivity index (χ3v) is 2.52. The van der Waals surface area contributed by atoms with Gasteiger partial charge >= 0.3 is 0 Å². The van der Waals surface area contributed by atoms with Crippen molar-refractivity contribution in [2.45, 2.75) is 13.3 Å². The SMILES string of the molecule is CCCN(CCO)CCN(CCO)CCO. The van der Waals surface area contributed by atoms with Gasteiger partial charge in [-0.2, -0.15) is 0 Å². The van der Waals surface area contributed by atoms with Gasteiger partial charge in [-0.05, 0) is 13.0 Å². The molecule has 0 rings (SSSR count). The van der Waals surface area contributed by atoms with E-state index in [1.165, 1.54) is 0 Å². The monoisotopic (exact) mass is 234 g/mol. The molecule has 0 aliphatic carbocycles. The predicted molar refractivity (Wildman–Crippen MR) is 64.4 cm³/mol. The van der Waals surface area contributed by atoms with Gasteiger partial charge in [0.05, 0.1) is 19.8 Å². The number of nitrogens with zero attached hydrogens (tertiary/aromatic N) is 2. The van der Waals surface area contributed by atoms with Crippen molar-refractivity contribution in [3.63, 3.8) is 0 Å².